The lowest BCUT2D eigenvalue weighted by molar-refractivity contribution is 0.153. The van der Waals surface area contributed by atoms with Gasteiger partial charge in [-0.05, 0) is 56.8 Å². The molecule has 0 unspecified atom stereocenters. The van der Waals surface area contributed by atoms with Crippen molar-refractivity contribution in [2.75, 3.05) is 13.1 Å². The zero-order valence-electron chi connectivity index (χ0n) is 16.3. The Morgan fingerprint density at radius 2 is 1.86 bits per heavy atom. The third-order valence-electron chi connectivity index (χ3n) is 5.79. The second-order valence-corrected chi connectivity index (χ2v) is 8.03. The molecule has 0 radical (unpaired) electrons. The lowest BCUT2D eigenvalue weighted by atomic mass is 9.96. The van der Waals surface area contributed by atoms with Crippen molar-refractivity contribution >= 4 is 0 Å². The first-order valence-electron chi connectivity index (χ1n) is 10.3. The van der Waals surface area contributed by atoms with Gasteiger partial charge in [0.05, 0.1) is 18.6 Å². The van der Waals surface area contributed by atoms with Crippen molar-refractivity contribution in [3.8, 4) is 11.3 Å². The highest BCUT2D eigenvalue weighted by atomic mass is 16.4. The van der Waals surface area contributed by atoms with Crippen molar-refractivity contribution in [2.24, 2.45) is 5.92 Å². The van der Waals surface area contributed by atoms with Gasteiger partial charge in [-0.1, -0.05) is 0 Å². The van der Waals surface area contributed by atoms with Crippen LogP contribution < -0.4 is 5.56 Å². The first kappa shape index (κ1) is 18.2. The number of nitrogens with zero attached hydrogens (tertiary/aromatic N) is 6. The Balaban J connectivity index is 1.16. The van der Waals surface area contributed by atoms with Crippen molar-refractivity contribution in [2.45, 2.75) is 44.7 Å². The molecule has 4 heterocycles. The van der Waals surface area contributed by atoms with Gasteiger partial charge in [0.15, 0.2) is 0 Å². The summed E-state index contributed by atoms with van der Waals surface area (Å²) in [6, 6.07) is 5.33. The summed E-state index contributed by atoms with van der Waals surface area (Å²) in [5.41, 5.74) is 1.59. The van der Waals surface area contributed by atoms with Gasteiger partial charge in [0.2, 0.25) is 11.8 Å². The van der Waals surface area contributed by atoms with Crippen molar-refractivity contribution < 1.29 is 4.42 Å². The van der Waals surface area contributed by atoms with Gasteiger partial charge in [-0.2, -0.15) is 0 Å². The Morgan fingerprint density at radius 3 is 2.59 bits per heavy atom. The lowest BCUT2D eigenvalue weighted by Crippen LogP contribution is -2.36. The Bertz CT molecular complexity index is 1020. The molecule has 150 valence electrons. The molecule has 1 saturated carbocycles. The summed E-state index contributed by atoms with van der Waals surface area (Å²) < 4.78 is 7.50. The second-order valence-electron chi connectivity index (χ2n) is 8.03. The van der Waals surface area contributed by atoms with E-state index in [4.69, 9.17) is 4.42 Å². The third kappa shape index (κ3) is 4.27. The molecular weight excluding hydrogens is 368 g/mol. The molecule has 3 aromatic heterocycles. The van der Waals surface area contributed by atoms with E-state index < -0.39 is 0 Å². The molecule has 1 aliphatic carbocycles. The van der Waals surface area contributed by atoms with Gasteiger partial charge < -0.3 is 4.42 Å². The summed E-state index contributed by atoms with van der Waals surface area (Å²) in [6.07, 6.45) is 9.51. The standard InChI is InChI=1S/C21H24N6O2/c28-20-11-18(16-3-7-22-8-4-16)23-14-27(20)12-15-5-9-26(10-6-15)13-19-24-25-21(29-19)17-1-2-17/h3-4,7-8,11,14-15,17H,1-2,5-6,9-10,12-13H2. The van der Waals surface area contributed by atoms with E-state index in [1.165, 1.54) is 12.8 Å². The first-order valence-corrected chi connectivity index (χ1v) is 10.3. The van der Waals surface area contributed by atoms with Crippen LogP contribution in [-0.2, 0) is 13.1 Å². The molecular formula is C21H24N6O2. The Labute approximate surface area is 168 Å². The van der Waals surface area contributed by atoms with Crippen molar-refractivity contribution in [3.63, 3.8) is 0 Å². The molecule has 1 aliphatic heterocycles. The maximum Gasteiger partial charge on any atom is 0.253 e. The minimum absolute atomic E-state index is 0.00675. The summed E-state index contributed by atoms with van der Waals surface area (Å²) in [4.78, 5) is 23.3. The average Bonchev–Trinajstić information content (AvgIpc) is 3.51. The van der Waals surface area contributed by atoms with Crippen LogP contribution in [0.2, 0.25) is 0 Å². The van der Waals surface area contributed by atoms with Crippen molar-refractivity contribution in [1.29, 1.82) is 0 Å². The zero-order chi connectivity index (χ0) is 19.6. The summed E-state index contributed by atoms with van der Waals surface area (Å²) in [5, 5.41) is 8.35. The molecule has 8 heteroatoms. The highest BCUT2D eigenvalue weighted by Gasteiger charge is 2.30. The van der Waals surface area contributed by atoms with Crippen LogP contribution >= 0.6 is 0 Å². The smallest absolute Gasteiger partial charge is 0.253 e. The highest BCUT2D eigenvalue weighted by molar-refractivity contribution is 5.57. The Kier molecular flexibility index (Phi) is 4.93. The molecule has 3 aromatic rings. The molecule has 0 atom stereocenters. The SMILES string of the molecule is O=c1cc(-c2ccncc2)ncn1CC1CCN(Cc2nnc(C3CC3)o2)CC1. The summed E-state index contributed by atoms with van der Waals surface area (Å²) >= 11 is 0. The van der Waals surface area contributed by atoms with Crippen LogP contribution in [0, 0.1) is 5.92 Å². The Morgan fingerprint density at radius 1 is 1.07 bits per heavy atom. The average molecular weight is 392 g/mol. The number of rotatable bonds is 6. The van der Waals surface area contributed by atoms with Crippen LogP contribution in [-0.4, -0.2) is 42.7 Å². The minimum atomic E-state index is -0.00675. The number of hydrogen-bond acceptors (Lipinski definition) is 7. The second kappa shape index (κ2) is 7.87. The van der Waals surface area contributed by atoms with Gasteiger partial charge in [0.25, 0.3) is 5.56 Å². The van der Waals surface area contributed by atoms with Gasteiger partial charge in [0, 0.05) is 36.5 Å². The topological polar surface area (TPSA) is 89.9 Å². The van der Waals surface area contributed by atoms with E-state index in [-0.39, 0.29) is 5.56 Å². The predicted octanol–water partition coefficient (Wildman–Crippen LogP) is 2.48. The first-order chi connectivity index (χ1) is 14.2. The van der Waals surface area contributed by atoms with Crippen molar-refractivity contribution in [3.05, 3.63) is 59.1 Å². The molecule has 8 nitrogen and oxygen atoms in total. The van der Waals surface area contributed by atoms with E-state index in [0.717, 1.165) is 43.3 Å². The van der Waals surface area contributed by atoms with Gasteiger partial charge in [-0.25, -0.2) is 4.98 Å². The molecule has 0 aromatic carbocycles. The largest absolute Gasteiger partial charge is 0.424 e. The van der Waals surface area contributed by atoms with Crippen LogP contribution in [0.1, 0.15) is 43.4 Å². The van der Waals surface area contributed by atoms with E-state index in [0.29, 0.717) is 30.6 Å². The lowest BCUT2D eigenvalue weighted by Gasteiger charge is -2.31. The maximum absolute atomic E-state index is 12.5. The van der Waals surface area contributed by atoms with E-state index in [1.807, 2.05) is 12.1 Å². The number of aromatic nitrogens is 5. The monoisotopic (exact) mass is 392 g/mol. The molecule has 0 bridgehead atoms. The molecule has 2 fully saturated rings. The molecule has 1 saturated heterocycles. The Hall–Kier alpha value is -2.87. The summed E-state index contributed by atoms with van der Waals surface area (Å²) in [7, 11) is 0. The molecule has 5 rings (SSSR count). The van der Waals surface area contributed by atoms with Gasteiger partial charge in [-0.3, -0.25) is 19.2 Å². The maximum atomic E-state index is 12.5. The number of piperidine rings is 1. The van der Waals surface area contributed by atoms with Crippen LogP contribution in [0.25, 0.3) is 11.3 Å². The van der Waals surface area contributed by atoms with Gasteiger partial charge >= 0.3 is 0 Å². The molecule has 2 aliphatic rings. The quantitative estimate of drug-likeness (QED) is 0.636. The summed E-state index contributed by atoms with van der Waals surface area (Å²) in [6.45, 7) is 3.38. The third-order valence-corrected chi connectivity index (χ3v) is 5.79. The highest BCUT2D eigenvalue weighted by Crippen LogP contribution is 2.39. The number of likely N-dealkylation sites (tertiary alicyclic amines) is 1. The van der Waals surface area contributed by atoms with Crippen LogP contribution in [0.4, 0.5) is 0 Å². The van der Waals surface area contributed by atoms with Crippen LogP contribution in [0.5, 0.6) is 0 Å². The molecule has 29 heavy (non-hydrogen) atoms. The zero-order valence-corrected chi connectivity index (χ0v) is 16.3. The van der Waals surface area contributed by atoms with Gasteiger partial charge in [-0.15, -0.1) is 10.2 Å². The minimum Gasteiger partial charge on any atom is -0.424 e. The van der Waals surface area contributed by atoms with Crippen LogP contribution in [0.3, 0.4) is 0 Å². The van der Waals surface area contributed by atoms with E-state index in [1.54, 1.807) is 29.4 Å². The molecule has 0 amide bonds. The van der Waals surface area contributed by atoms with Crippen LogP contribution in [0.15, 0.2) is 46.1 Å². The van der Waals surface area contributed by atoms with Crippen molar-refractivity contribution in [1.82, 2.24) is 29.6 Å². The fourth-order valence-corrected chi connectivity index (χ4v) is 3.87. The van der Waals surface area contributed by atoms with Gasteiger partial charge in [0.1, 0.15) is 0 Å². The van der Waals surface area contributed by atoms with E-state index in [9.17, 15) is 4.79 Å². The number of hydrogen-bond donors (Lipinski definition) is 0. The predicted molar refractivity (Wildman–Crippen MR) is 106 cm³/mol. The van der Waals surface area contributed by atoms with E-state index >= 15 is 0 Å². The normalized spacial score (nSPS) is 18.2. The molecule has 0 N–H and O–H groups in total. The molecule has 0 spiro atoms. The van der Waals surface area contributed by atoms with E-state index in [2.05, 4.69) is 25.1 Å². The fourth-order valence-electron chi connectivity index (χ4n) is 3.87. The summed E-state index contributed by atoms with van der Waals surface area (Å²) in [5.74, 6) is 2.50. The fraction of sp³-hybridized carbons (Fsp3) is 0.476. The number of pyridine rings is 1.